The van der Waals surface area contributed by atoms with Crippen LogP contribution in [-0.2, 0) is 10.4 Å². The van der Waals surface area contributed by atoms with Crippen LogP contribution in [0.1, 0.15) is 17.5 Å². The Balaban J connectivity index is 1.90. The van der Waals surface area contributed by atoms with Crippen molar-refractivity contribution in [3.8, 4) is 0 Å². The third-order valence-corrected chi connectivity index (χ3v) is 3.98. The van der Waals surface area contributed by atoms with Gasteiger partial charge in [-0.1, -0.05) is 78.9 Å². The molecule has 3 heteroatoms. The number of anilines is 1. The topological polar surface area (TPSA) is 49.3 Å². The van der Waals surface area contributed by atoms with E-state index < -0.39 is 5.60 Å². The number of hydrogen-bond donors (Lipinski definition) is 2. The summed E-state index contributed by atoms with van der Waals surface area (Å²) in [6, 6.07) is 27.8. The Morgan fingerprint density at radius 1 is 0.750 bits per heavy atom. The van der Waals surface area contributed by atoms with Gasteiger partial charge in [-0.25, -0.2) is 0 Å². The average Bonchev–Trinajstić information content (AvgIpc) is 2.64. The van der Waals surface area contributed by atoms with Gasteiger partial charge in [-0.15, -0.1) is 0 Å². The van der Waals surface area contributed by atoms with Crippen LogP contribution in [0.2, 0.25) is 0 Å². The first-order valence-corrected chi connectivity index (χ1v) is 7.87. The molecular weight excluding hydrogens is 298 g/mol. The molecule has 3 aromatic rings. The van der Waals surface area contributed by atoms with E-state index in [0.29, 0.717) is 16.8 Å². The maximum absolute atomic E-state index is 12.5. The van der Waals surface area contributed by atoms with Gasteiger partial charge in [-0.2, -0.15) is 0 Å². The van der Waals surface area contributed by atoms with Crippen molar-refractivity contribution in [3.63, 3.8) is 0 Å². The quantitative estimate of drug-likeness (QED) is 0.748. The van der Waals surface area contributed by atoms with Crippen LogP contribution in [0.4, 0.5) is 5.69 Å². The molecule has 0 heterocycles. The summed E-state index contributed by atoms with van der Waals surface area (Å²) < 4.78 is 0. The van der Waals surface area contributed by atoms with Gasteiger partial charge in [-0.3, -0.25) is 4.79 Å². The summed E-state index contributed by atoms with van der Waals surface area (Å²) in [5, 5.41) is 14.2. The number of carbonyl (C=O) groups excluding carboxylic acids is 1. The van der Waals surface area contributed by atoms with Crippen LogP contribution in [0.5, 0.6) is 0 Å². The minimum absolute atomic E-state index is 0.0596. The fourth-order valence-electron chi connectivity index (χ4n) is 2.76. The molecule has 2 N–H and O–H groups in total. The zero-order chi connectivity index (χ0) is 16.8. The van der Waals surface area contributed by atoms with Crippen LogP contribution < -0.4 is 5.32 Å². The molecule has 1 amide bonds. The van der Waals surface area contributed by atoms with Gasteiger partial charge >= 0.3 is 0 Å². The molecule has 3 nitrogen and oxygen atoms in total. The van der Waals surface area contributed by atoms with Crippen molar-refractivity contribution in [1.82, 2.24) is 0 Å². The van der Waals surface area contributed by atoms with E-state index in [0.717, 1.165) is 0 Å². The summed E-state index contributed by atoms with van der Waals surface area (Å²) in [5.74, 6) is -0.239. The molecule has 0 saturated carbocycles. The predicted octanol–water partition coefficient (Wildman–Crippen LogP) is 3.95. The Bertz CT molecular complexity index is 746. The van der Waals surface area contributed by atoms with Gasteiger partial charge in [0.25, 0.3) is 0 Å². The lowest BCUT2D eigenvalue weighted by Gasteiger charge is -2.29. The highest BCUT2D eigenvalue weighted by Crippen LogP contribution is 2.33. The van der Waals surface area contributed by atoms with Gasteiger partial charge in [0.1, 0.15) is 5.60 Å². The van der Waals surface area contributed by atoms with Crippen molar-refractivity contribution in [2.75, 3.05) is 5.32 Å². The van der Waals surface area contributed by atoms with Crippen LogP contribution in [0.3, 0.4) is 0 Å². The van der Waals surface area contributed by atoms with Crippen molar-refractivity contribution < 1.29 is 9.90 Å². The number of aliphatic hydroxyl groups is 1. The molecule has 0 aliphatic carbocycles. The summed E-state index contributed by atoms with van der Waals surface area (Å²) in [6.45, 7) is 0. The van der Waals surface area contributed by atoms with Crippen molar-refractivity contribution in [2.24, 2.45) is 0 Å². The maximum atomic E-state index is 12.5. The minimum Gasteiger partial charge on any atom is -0.380 e. The van der Waals surface area contributed by atoms with Crippen molar-refractivity contribution in [1.29, 1.82) is 0 Å². The Labute approximate surface area is 141 Å². The summed E-state index contributed by atoms with van der Waals surface area (Å²) in [7, 11) is 0. The molecule has 0 aliphatic rings. The average molecular weight is 317 g/mol. The van der Waals surface area contributed by atoms with Crippen molar-refractivity contribution >= 4 is 11.6 Å². The van der Waals surface area contributed by atoms with Gasteiger partial charge in [0.05, 0.1) is 6.42 Å². The Kier molecular flexibility index (Phi) is 4.73. The van der Waals surface area contributed by atoms with Crippen LogP contribution >= 0.6 is 0 Å². The smallest absolute Gasteiger partial charge is 0.227 e. The SMILES string of the molecule is O=C(CC(O)(c1ccccc1)c1ccccc1)Nc1ccccc1. The van der Waals surface area contributed by atoms with Crippen LogP contribution in [0.25, 0.3) is 0 Å². The van der Waals surface area contributed by atoms with Gasteiger partial charge in [-0.05, 0) is 23.3 Å². The first-order chi connectivity index (χ1) is 11.7. The molecule has 3 rings (SSSR count). The second-order valence-electron chi connectivity index (χ2n) is 5.68. The van der Waals surface area contributed by atoms with Gasteiger partial charge in [0.2, 0.25) is 5.91 Å². The highest BCUT2D eigenvalue weighted by Gasteiger charge is 2.34. The highest BCUT2D eigenvalue weighted by molar-refractivity contribution is 5.91. The Morgan fingerprint density at radius 2 is 1.17 bits per heavy atom. The van der Waals surface area contributed by atoms with Crippen LogP contribution in [0, 0.1) is 0 Å². The summed E-state index contributed by atoms with van der Waals surface area (Å²) in [4.78, 5) is 12.5. The second-order valence-corrected chi connectivity index (χ2v) is 5.68. The Morgan fingerprint density at radius 3 is 1.62 bits per heavy atom. The molecule has 0 spiro atoms. The molecule has 0 aliphatic heterocycles. The number of rotatable bonds is 5. The standard InChI is InChI=1S/C21H19NO2/c23-20(22-19-14-8-3-9-15-19)16-21(24,17-10-4-1-5-11-17)18-12-6-2-7-13-18/h1-15,24H,16H2,(H,22,23). The summed E-state index contributed by atoms with van der Waals surface area (Å²) in [6.07, 6.45) is -0.0596. The number of hydrogen-bond acceptors (Lipinski definition) is 2. The molecule has 0 saturated heterocycles. The fourth-order valence-corrected chi connectivity index (χ4v) is 2.76. The number of amides is 1. The van der Waals surface area contributed by atoms with E-state index in [1.54, 1.807) is 0 Å². The lowest BCUT2D eigenvalue weighted by atomic mass is 9.83. The number of carbonyl (C=O) groups is 1. The molecule has 0 unspecified atom stereocenters. The first kappa shape index (κ1) is 16.0. The molecule has 0 fully saturated rings. The zero-order valence-electron chi connectivity index (χ0n) is 13.2. The minimum atomic E-state index is -1.37. The van der Waals surface area contributed by atoms with E-state index in [4.69, 9.17) is 0 Å². The zero-order valence-corrected chi connectivity index (χ0v) is 13.2. The number of benzene rings is 3. The number of para-hydroxylation sites is 1. The lowest BCUT2D eigenvalue weighted by molar-refractivity contribution is -0.120. The molecule has 0 bridgehead atoms. The Hall–Kier alpha value is -2.91. The van der Waals surface area contributed by atoms with Gasteiger partial charge < -0.3 is 10.4 Å². The number of nitrogens with one attached hydrogen (secondary N) is 1. The predicted molar refractivity (Wildman–Crippen MR) is 95.6 cm³/mol. The van der Waals surface area contributed by atoms with Crippen LogP contribution in [0.15, 0.2) is 91.0 Å². The highest BCUT2D eigenvalue weighted by atomic mass is 16.3. The molecule has 0 atom stereocenters. The van der Waals surface area contributed by atoms with E-state index in [2.05, 4.69) is 5.32 Å². The van der Waals surface area contributed by atoms with Gasteiger partial charge in [0, 0.05) is 5.69 Å². The van der Waals surface area contributed by atoms with E-state index in [9.17, 15) is 9.90 Å². The van der Waals surface area contributed by atoms with E-state index >= 15 is 0 Å². The van der Waals surface area contributed by atoms with E-state index in [1.807, 2.05) is 91.0 Å². The molecule has 0 aromatic heterocycles. The summed E-state index contributed by atoms with van der Waals surface area (Å²) >= 11 is 0. The van der Waals surface area contributed by atoms with Crippen LogP contribution in [-0.4, -0.2) is 11.0 Å². The maximum Gasteiger partial charge on any atom is 0.227 e. The third kappa shape index (κ3) is 3.53. The fraction of sp³-hybridized carbons (Fsp3) is 0.0952. The first-order valence-electron chi connectivity index (χ1n) is 7.87. The molecule has 0 radical (unpaired) electrons. The van der Waals surface area contributed by atoms with E-state index in [-0.39, 0.29) is 12.3 Å². The molecule has 120 valence electrons. The largest absolute Gasteiger partial charge is 0.380 e. The molecule has 3 aromatic carbocycles. The molecule has 24 heavy (non-hydrogen) atoms. The monoisotopic (exact) mass is 317 g/mol. The van der Waals surface area contributed by atoms with E-state index in [1.165, 1.54) is 0 Å². The summed E-state index contributed by atoms with van der Waals surface area (Å²) in [5.41, 5.74) is 0.728. The third-order valence-electron chi connectivity index (χ3n) is 3.98. The normalized spacial score (nSPS) is 11.0. The molecular formula is C21H19NO2. The van der Waals surface area contributed by atoms with Crippen molar-refractivity contribution in [2.45, 2.75) is 12.0 Å². The second kappa shape index (κ2) is 7.11. The van der Waals surface area contributed by atoms with Crippen molar-refractivity contribution in [3.05, 3.63) is 102 Å². The lowest BCUT2D eigenvalue weighted by Crippen LogP contribution is -2.32. The van der Waals surface area contributed by atoms with Gasteiger partial charge in [0.15, 0.2) is 0 Å².